The van der Waals surface area contributed by atoms with Gasteiger partial charge in [-0.3, -0.25) is 4.98 Å². The van der Waals surface area contributed by atoms with E-state index in [9.17, 15) is 0 Å². The predicted octanol–water partition coefficient (Wildman–Crippen LogP) is 0.592. The van der Waals surface area contributed by atoms with Gasteiger partial charge in [-0.15, -0.1) is 0 Å². The third-order valence-corrected chi connectivity index (χ3v) is 2.16. The minimum Gasteiger partial charge on any atom is -0.509 e. The molecule has 0 amide bonds. The van der Waals surface area contributed by atoms with Gasteiger partial charge in [0.05, 0.1) is 7.11 Å². The highest BCUT2D eigenvalue weighted by molar-refractivity contribution is 6.33. The number of fused-ring (bicyclic) bond motifs is 1. The Kier molecular flexibility index (Phi) is 2.94. The van der Waals surface area contributed by atoms with Crippen molar-refractivity contribution in [1.82, 2.24) is 4.98 Å². The van der Waals surface area contributed by atoms with E-state index in [2.05, 4.69) is 4.98 Å². The van der Waals surface area contributed by atoms with Crippen molar-refractivity contribution in [3.8, 4) is 11.5 Å². The molecule has 0 aliphatic heterocycles. The number of benzene rings is 1. The van der Waals surface area contributed by atoms with Gasteiger partial charge in [-0.2, -0.15) is 0 Å². The van der Waals surface area contributed by atoms with Crippen molar-refractivity contribution < 1.29 is 19.4 Å². The molecule has 16 heavy (non-hydrogen) atoms. The van der Waals surface area contributed by atoms with Crippen molar-refractivity contribution in [2.24, 2.45) is 0 Å². The number of pyridine rings is 1. The van der Waals surface area contributed by atoms with Gasteiger partial charge < -0.3 is 19.4 Å². The Bertz CT molecular complexity index is 503. The first-order chi connectivity index (χ1) is 7.70. The normalized spacial score (nSPS) is 10.2. The highest BCUT2D eigenvalue weighted by atomic mass is 16.6. The molecule has 0 aliphatic carbocycles. The lowest BCUT2D eigenvalue weighted by atomic mass is 10.1. The first-order valence-electron chi connectivity index (χ1n) is 4.65. The smallest absolute Gasteiger partial charge is 0.509 e. The minimum absolute atomic E-state index is 0.262. The molecule has 0 bridgehead atoms. The Balaban J connectivity index is 2.53. The largest absolute Gasteiger partial charge is 0.707 e. The van der Waals surface area contributed by atoms with Gasteiger partial charge >= 0.3 is 7.32 Å². The summed E-state index contributed by atoms with van der Waals surface area (Å²) >= 11 is 0. The number of ether oxygens (including phenoxy) is 1. The lowest BCUT2D eigenvalue weighted by Crippen LogP contribution is -2.20. The van der Waals surface area contributed by atoms with Crippen LogP contribution in [0.15, 0.2) is 30.6 Å². The minimum atomic E-state index is -1.87. The van der Waals surface area contributed by atoms with Gasteiger partial charge in [-0.05, 0) is 23.6 Å². The fourth-order valence-electron chi connectivity index (χ4n) is 1.46. The van der Waals surface area contributed by atoms with E-state index < -0.39 is 7.32 Å². The zero-order chi connectivity index (χ0) is 11.5. The summed E-state index contributed by atoms with van der Waals surface area (Å²) in [6.07, 6.45) is 3.33. The third kappa shape index (κ3) is 2.07. The summed E-state index contributed by atoms with van der Waals surface area (Å²) in [4.78, 5) is 3.97. The molecule has 2 N–H and O–H groups in total. The quantitative estimate of drug-likeness (QED) is 0.739. The maximum Gasteiger partial charge on any atom is 0.707 e. The van der Waals surface area contributed by atoms with Crippen molar-refractivity contribution in [3.05, 3.63) is 30.6 Å². The molecule has 0 aliphatic rings. The average molecular weight is 219 g/mol. The van der Waals surface area contributed by atoms with Crippen LogP contribution in [0, 0.1) is 0 Å². The second-order valence-corrected chi connectivity index (χ2v) is 3.17. The molecule has 82 valence electrons. The van der Waals surface area contributed by atoms with E-state index in [-0.39, 0.29) is 5.75 Å². The van der Waals surface area contributed by atoms with Crippen LogP contribution in [0.1, 0.15) is 0 Å². The molecule has 0 saturated heterocycles. The molecule has 0 radical (unpaired) electrons. The van der Waals surface area contributed by atoms with E-state index in [1.54, 1.807) is 24.5 Å². The standard InChI is InChI=1S/C10H10BNO4/c1-15-9-4-7-2-3-12-6-8(7)5-10(9)16-11(13)14/h2-6,13-14H,1H3. The summed E-state index contributed by atoms with van der Waals surface area (Å²) in [5.41, 5.74) is 0. The Morgan fingerprint density at radius 3 is 2.62 bits per heavy atom. The Labute approximate surface area is 92.4 Å². The highest BCUT2D eigenvalue weighted by Gasteiger charge is 2.15. The summed E-state index contributed by atoms with van der Waals surface area (Å²) in [5.74, 6) is 0.699. The third-order valence-electron chi connectivity index (χ3n) is 2.16. The van der Waals surface area contributed by atoms with E-state index in [1.165, 1.54) is 7.11 Å². The van der Waals surface area contributed by atoms with Crippen LogP contribution in [0.4, 0.5) is 0 Å². The molecule has 2 aromatic rings. The van der Waals surface area contributed by atoms with Crippen LogP contribution in [0.5, 0.6) is 11.5 Å². The maximum absolute atomic E-state index is 8.76. The monoisotopic (exact) mass is 219 g/mol. The second-order valence-electron chi connectivity index (χ2n) is 3.17. The molecular formula is C10H10BNO4. The van der Waals surface area contributed by atoms with Gasteiger partial charge in [0, 0.05) is 17.8 Å². The van der Waals surface area contributed by atoms with Crippen LogP contribution in [0.2, 0.25) is 0 Å². The molecule has 0 spiro atoms. The molecule has 0 fully saturated rings. The zero-order valence-corrected chi connectivity index (χ0v) is 8.62. The van der Waals surface area contributed by atoms with Crippen molar-refractivity contribution >= 4 is 18.1 Å². The maximum atomic E-state index is 8.76. The van der Waals surface area contributed by atoms with Gasteiger partial charge in [0.1, 0.15) is 5.75 Å². The van der Waals surface area contributed by atoms with Crippen LogP contribution in [0.25, 0.3) is 10.8 Å². The van der Waals surface area contributed by atoms with Crippen molar-refractivity contribution in [1.29, 1.82) is 0 Å². The predicted molar refractivity (Wildman–Crippen MR) is 59.1 cm³/mol. The molecular weight excluding hydrogens is 209 g/mol. The molecule has 1 aromatic heterocycles. The average Bonchev–Trinajstić information content (AvgIpc) is 2.27. The molecule has 1 aromatic carbocycles. The topological polar surface area (TPSA) is 71.8 Å². The Morgan fingerprint density at radius 1 is 1.19 bits per heavy atom. The van der Waals surface area contributed by atoms with E-state index >= 15 is 0 Å². The molecule has 5 nitrogen and oxygen atoms in total. The zero-order valence-electron chi connectivity index (χ0n) is 8.62. The first-order valence-corrected chi connectivity index (χ1v) is 4.65. The lowest BCUT2D eigenvalue weighted by Gasteiger charge is -2.11. The van der Waals surface area contributed by atoms with Crippen LogP contribution >= 0.6 is 0 Å². The van der Waals surface area contributed by atoms with Gasteiger partial charge in [-0.1, -0.05) is 0 Å². The van der Waals surface area contributed by atoms with Gasteiger partial charge in [0.25, 0.3) is 0 Å². The summed E-state index contributed by atoms with van der Waals surface area (Å²) in [7, 11) is -0.387. The molecule has 1 heterocycles. The van der Waals surface area contributed by atoms with E-state index in [0.717, 1.165) is 10.8 Å². The van der Waals surface area contributed by atoms with Gasteiger partial charge in [0.2, 0.25) is 0 Å². The van der Waals surface area contributed by atoms with E-state index in [1.807, 2.05) is 6.07 Å². The van der Waals surface area contributed by atoms with Crippen LogP contribution in [-0.4, -0.2) is 29.5 Å². The number of hydrogen-bond acceptors (Lipinski definition) is 5. The second kappa shape index (κ2) is 4.38. The Morgan fingerprint density at radius 2 is 1.94 bits per heavy atom. The van der Waals surface area contributed by atoms with Gasteiger partial charge in [-0.25, -0.2) is 0 Å². The number of hydrogen-bond donors (Lipinski definition) is 2. The molecule has 2 rings (SSSR count). The van der Waals surface area contributed by atoms with Crippen molar-refractivity contribution in [2.75, 3.05) is 7.11 Å². The summed E-state index contributed by atoms with van der Waals surface area (Å²) in [6.45, 7) is 0. The molecule has 0 atom stereocenters. The number of nitrogens with zero attached hydrogens (tertiary/aromatic N) is 1. The number of aromatic nitrogens is 1. The summed E-state index contributed by atoms with van der Waals surface area (Å²) in [5, 5.41) is 19.3. The molecule has 6 heteroatoms. The molecule has 0 unspecified atom stereocenters. The van der Waals surface area contributed by atoms with E-state index in [4.69, 9.17) is 19.4 Å². The fraction of sp³-hybridized carbons (Fsp3) is 0.100. The summed E-state index contributed by atoms with van der Waals surface area (Å²) in [6, 6.07) is 5.21. The van der Waals surface area contributed by atoms with Gasteiger partial charge in [0.15, 0.2) is 5.75 Å². The number of rotatable bonds is 3. The fourth-order valence-corrected chi connectivity index (χ4v) is 1.46. The number of methoxy groups -OCH3 is 1. The van der Waals surface area contributed by atoms with Crippen LogP contribution in [-0.2, 0) is 0 Å². The van der Waals surface area contributed by atoms with Crippen molar-refractivity contribution in [2.45, 2.75) is 0 Å². The van der Waals surface area contributed by atoms with Crippen molar-refractivity contribution in [3.63, 3.8) is 0 Å². The van der Waals surface area contributed by atoms with E-state index in [0.29, 0.717) is 5.75 Å². The summed E-state index contributed by atoms with van der Waals surface area (Å²) < 4.78 is 9.89. The SMILES string of the molecule is COc1cc2ccncc2cc1OB(O)O. The molecule has 0 saturated carbocycles. The van der Waals surface area contributed by atoms with Crippen LogP contribution in [0.3, 0.4) is 0 Å². The first kappa shape index (κ1) is 10.7. The lowest BCUT2D eigenvalue weighted by molar-refractivity contribution is 0.280. The van der Waals surface area contributed by atoms with Crippen LogP contribution < -0.4 is 9.39 Å². The highest BCUT2D eigenvalue weighted by Crippen LogP contribution is 2.31. The Hall–Kier alpha value is -1.79.